The number of hydrazone groups is 1. The van der Waals surface area contributed by atoms with Crippen molar-refractivity contribution in [1.29, 1.82) is 0 Å². The molecule has 3 rings (SSSR count). The molecule has 2 aromatic rings. The van der Waals surface area contributed by atoms with Crippen LogP contribution in [-0.2, 0) is 12.8 Å². The maximum atomic E-state index is 12.0. The molecule has 112 valence electrons. The summed E-state index contributed by atoms with van der Waals surface area (Å²) in [6.45, 7) is 0. The Hall–Kier alpha value is -2.47. The van der Waals surface area contributed by atoms with Gasteiger partial charge in [0.25, 0.3) is 5.91 Å². The summed E-state index contributed by atoms with van der Waals surface area (Å²) < 4.78 is 0. The van der Waals surface area contributed by atoms with Crippen molar-refractivity contribution >= 4 is 29.4 Å². The predicted octanol–water partition coefficient (Wildman–Crippen LogP) is 2.70. The zero-order valence-electron chi connectivity index (χ0n) is 11.7. The number of aryl methyl sites for hydroxylation is 2. The van der Waals surface area contributed by atoms with Crippen molar-refractivity contribution in [2.45, 2.75) is 19.3 Å². The lowest BCUT2D eigenvalue weighted by Crippen LogP contribution is -2.16. The van der Waals surface area contributed by atoms with E-state index in [0.29, 0.717) is 4.88 Å². The van der Waals surface area contributed by atoms with Gasteiger partial charge in [0.2, 0.25) is 0 Å². The van der Waals surface area contributed by atoms with Crippen LogP contribution in [0.3, 0.4) is 0 Å². The minimum absolute atomic E-state index is 0.210. The van der Waals surface area contributed by atoms with Gasteiger partial charge in [-0.25, -0.2) is 10.2 Å². The molecule has 5 nitrogen and oxygen atoms in total. The Morgan fingerprint density at radius 2 is 2.00 bits per heavy atom. The zero-order valence-corrected chi connectivity index (χ0v) is 12.5. The predicted molar refractivity (Wildman–Crippen MR) is 84.8 cm³/mol. The quantitative estimate of drug-likeness (QED) is 0.672. The van der Waals surface area contributed by atoms with Crippen molar-refractivity contribution < 1.29 is 14.7 Å². The first-order valence-corrected chi connectivity index (χ1v) is 7.73. The number of hydrogen-bond donors (Lipinski definition) is 2. The summed E-state index contributed by atoms with van der Waals surface area (Å²) in [6.07, 6.45) is 4.78. The highest BCUT2D eigenvalue weighted by Gasteiger charge is 2.17. The van der Waals surface area contributed by atoms with Gasteiger partial charge in [0.05, 0.1) is 16.7 Å². The monoisotopic (exact) mass is 314 g/mol. The fourth-order valence-corrected chi connectivity index (χ4v) is 3.52. The number of carboxylic acids is 1. The van der Waals surface area contributed by atoms with Crippen molar-refractivity contribution in [3.63, 3.8) is 0 Å². The summed E-state index contributed by atoms with van der Waals surface area (Å²) in [7, 11) is 0. The molecule has 1 aromatic carbocycles. The first-order valence-electron chi connectivity index (χ1n) is 6.92. The second kappa shape index (κ2) is 6.11. The number of nitrogens with zero attached hydrogens (tertiary/aromatic N) is 1. The van der Waals surface area contributed by atoms with Crippen LogP contribution in [0.4, 0.5) is 0 Å². The van der Waals surface area contributed by atoms with E-state index in [-0.39, 0.29) is 11.5 Å². The van der Waals surface area contributed by atoms with E-state index >= 15 is 0 Å². The molecule has 0 atom stereocenters. The maximum Gasteiger partial charge on any atom is 0.335 e. The molecule has 0 aliphatic heterocycles. The van der Waals surface area contributed by atoms with E-state index in [1.54, 1.807) is 12.1 Å². The number of nitrogens with one attached hydrogen (secondary N) is 1. The summed E-state index contributed by atoms with van der Waals surface area (Å²) >= 11 is 1.53. The second-order valence-electron chi connectivity index (χ2n) is 5.04. The van der Waals surface area contributed by atoms with Crippen LogP contribution >= 0.6 is 11.3 Å². The van der Waals surface area contributed by atoms with Crippen molar-refractivity contribution in [2.24, 2.45) is 5.10 Å². The molecule has 1 aromatic heterocycles. The van der Waals surface area contributed by atoms with Crippen LogP contribution in [0.25, 0.3) is 0 Å². The van der Waals surface area contributed by atoms with E-state index in [1.807, 2.05) is 6.07 Å². The van der Waals surface area contributed by atoms with Crippen molar-refractivity contribution in [3.05, 3.63) is 56.8 Å². The molecule has 1 aliphatic rings. The number of hydrogen-bond acceptors (Lipinski definition) is 4. The Morgan fingerprint density at radius 1 is 1.23 bits per heavy atom. The van der Waals surface area contributed by atoms with Gasteiger partial charge in [0.15, 0.2) is 0 Å². The Balaban J connectivity index is 1.61. The summed E-state index contributed by atoms with van der Waals surface area (Å²) in [5.74, 6) is -1.18. The topological polar surface area (TPSA) is 78.8 Å². The minimum Gasteiger partial charge on any atom is -0.478 e. The highest BCUT2D eigenvalue weighted by Crippen LogP contribution is 2.30. The van der Waals surface area contributed by atoms with E-state index in [0.717, 1.165) is 18.4 Å². The summed E-state index contributed by atoms with van der Waals surface area (Å²) in [6, 6.07) is 8.21. The molecule has 0 unspecified atom stereocenters. The van der Waals surface area contributed by atoms with Gasteiger partial charge in [-0.1, -0.05) is 12.1 Å². The number of carbonyl (C=O) groups excluding carboxylic acids is 1. The molecular formula is C16H14N2O3S. The highest BCUT2D eigenvalue weighted by molar-refractivity contribution is 7.14. The lowest BCUT2D eigenvalue weighted by atomic mass is 10.1. The number of rotatable bonds is 4. The number of thiophene rings is 1. The van der Waals surface area contributed by atoms with Gasteiger partial charge in [-0.15, -0.1) is 11.3 Å². The SMILES string of the molecule is O=C(O)c1ccc(/C=N\NC(=O)c2cc3c(s2)CCC3)cc1. The number of fused-ring (bicyclic) bond motifs is 1. The van der Waals surface area contributed by atoms with Crippen molar-refractivity contribution in [1.82, 2.24) is 5.43 Å². The fraction of sp³-hybridized carbons (Fsp3) is 0.188. The third-order valence-electron chi connectivity index (χ3n) is 3.51. The molecule has 0 spiro atoms. The van der Waals surface area contributed by atoms with E-state index in [1.165, 1.54) is 46.5 Å². The first-order chi connectivity index (χ1) is 10.6. The van der Waals surface area contributed by atoms with Crippen molar-refractivity contribution in [3.8, 4) is 0 Å². The Bertz CT molecular complexity index is 726. The van der Waals surface area contributed by atoms with Gasteiger partial charge in [-0.3, -0.25) is 4.79 Å². The van der Waals surface area contributed by atoms with E-state index in [2.05, 4.69) is 10.5 Å². The fourth-order valence-electron chi connectivity index (χ4n) is 2.37. The summed E-state index contributed by atoms with van der Waals surface area (Å²) in [5, 5.41) is 12.7. The molecule has 0 saturated carbocycles. The third kappa shape index (κ3) is 3.07. The van der Waals surface area contributed by atoms with Gasteiger partial charge in [-0.2, -0.15) is 5.10 Å². The standard InChI is InChI=1S/C16H14N2O3S/c19-15(14-8-12-2-1-3-13(12)22-14)18-17-9-10-4-6-11(7-5-10)16(20)21/h4-9H,1-3H2,(H,18,19)(H,20,21)/b17-9-. The van der Waals surface area contributed by atoms with E-state index in [9.17, 15) is 9.59 Å². The average molecular weight is 314 g/mol. The Kier molecular flexibility index (Phi) is 4.02. The van der Waals surface area contributed by atoms with Gasteiger partial charge < -0.3 is 5.11 Å². The molecule has 1 aliphatic carbocycles. The first kappa shape index (κ1) is 14.5. The number of aromatic carboxylic acids is 1. The highest BCUT2D eigenvalue weighted by atomic mass is 32.1. The minimum atomic E-state index is -0.970. The molecule has 0 fully saturated rings. The van der Waals surface area contributed by atoms with Crippen LogP contribution in [0.2, 0.25) is 0 Å². The molecule has 0 saturated heterocycles. The van der Waals surface area contributed by atoms with Gasteiger partial charge >= 0.3 is 5.97 Å². The summed E-state index contributed by atoms with van der Waals surface area (Å²) in [4.78, 5) is 24.7. The van der Waals surface area contributed by atoms with Crippen LogP contribution < -0.4 is 5.43 Å². The van der Waals surface area contributed by atoms with Crippen LogP contribution in [-0.4, -0.2) is 23.2 Å². The number of amides is 1. The zero-order chi connectivity index (χ0) is 15.5. The van der Waals surface area contributed by atoms with E-state index < -0.39 is 5.97 Å². The molecule has 22 heavy (non-hydrogen) atoms. The van der Waals surface area contributed by atoms with Crippen molar-refractivity contribution in [2.75, 3.05) is 0 Å². The molecule has 1 amide bonds. The molecule has 0 bridgehead atoms. The van der Waals surface area contributed by atoms with Gasteiger partial charge in [0, 0.05) is 4.88 Å². The molecule has 2 N–H and O–H groups in total. The molecule has 1 heterocycles. The largest absolute Gasteiger partial charge is 0.478 e. The van der Waals surface area contributed by atoms with Gasteiger partial charge in [-0.05, 0) is 48.6 Å². The van der Waals surface area contributed by atoms with Crippen LogP contribution in [0, 0.1) is 0 Å². The normalized spacial score (nSPS) is 13.3. The molecule has 6 heteroatoms. The lowest BCUT2D eigenvalue weighted by molar-refractivity contribution is 0.0696. The molecular weight excluding hydrogens is 300 g/mol. The van der Waals surface area contributed by atoms with Crippen LogP contribution in [0.5, 0.6) is 0 Å². The number of carbonyl (C=O) groups is 2. The lowest BCUT2D eigenvalue weighted by Gasteiger charge is -1.97. The third-order valence-corrected chi connectivity index (χ3v) is 4.74. The Morgan fingerprint density at radius 3 is 2.68 bits per heavy atom. The number of carboxylic acid groups (broad SMARTS) is 1. The maximum absolute atomic E-state index is 12.0. The van der Waals surface area contributed by atoms with Crippen LogP contribution in [0.1, 0.15) is 42.5 Å². The van der Waals surface area contributed by atoms with Gasteiger partial charge in [0.1, 0.15) is 0 Å². The van der Waals surface area contributed by atoms with E-state index in [4.69, 9.17) is 5.11 Å². The smallest absolute Gasteiger partial charge is 0.335 e. The second-order valence-corrected chi connectivity index (χ2v) is 6.18. The average Bonchev–Trinajstić information content (AvgIpc) is 3.09. The Labute approximate surface area is 131 Å². The number of benzene rings is 1. The van der Waals surface area contributed by atoms with Crippen LogP contribution in [0.15, 0.2) is 35.4 Å². The molecule has 0 radical (unpaired) electrons. The summed E-state index contributed by atoms with van der Waals surface area (Å²) in [5.41, 5.74) is 4.72.